The molecule has 0 radical (unpaired) electrons. The smallest absolute Gasteiger partial charge is 0.325 e. The first-order chi connectivity index (χ1) is 13.4. The molecule has 2 heterocycles. The molecule has 7 heteroatoms. The van der Waals surface area contributed by atoms with E-state index in [9.17, 15) is 14.4 Å². The van der Waals surface area contributed by atoms with Crippen molar-refractivity contribution in [2.24, 2.45) is 11.8 Å². The molecule has 0 spiro atoms. The summed E-state index contributed by atoms with van der Waals surface area (Å²) in [4.78, 5) is 43.2. The maximum absolute atomic E-state index is 13.1. The number of rotatable bonds is 2. The number of aryl methyl sites for hydroxylation is 1. The SMILES string of the molecule is CC(C)C1CCc2ccccc2C1NC(=O)N1CCc2c([nH]c(=O)[nH]c2=O)C1. The summed E-state index contributed by atoms with van der Waals surface area (Å²) in [5.74, 6) is 0.828. The van der Waals surface area contributed by atoms with Crippen LogP contribution in [0.4, 0.5) is 4.79 Å². The van der Waals surface area contributed by atoms with Gasteiger partial charge < -0.3 is 15.2 Å². The molecule has 0 fully saturated rings. The summed E-state index contributed by atoms with van der Waals surface area (Å²) in [6.45, 7) is 5.09. The van der Waals surface area contributed by atoms with Crippen LogP contribution in [-0.4, -0.2) is 27.4 Å². The highest BCUT2D eigenvalue weighted by atomic mass is 16.2. The number of urea groups is 1. The summed E-state index contributed by atoms with van der Waals surface area (Å²) < 4.78 is 0. The quantitative estimate of drug-likeness (QED) is 0.742. The Hall–Kier alpha value is -2.83. The third-order valence-corrected chi connectivity index (χ3v) is 6.10. The molecule has 2 aromatic rings. The Morgan fingerprint density at radius 3 is 2.75 bits per heavy atom. The lowest BCUT2D eigenvalue weighted by Gasteiger charge is -2.38. The van der Waals surface area contributed by atoms with Crippen molar-refractivity contribution in [3.63, 3.8) is 0 Å². The average Bonchev–Trinajstić information content (AvgIpc) is 2.67. The number of fused-ring (bicyclic) bond motifs is 2. The molecule has 0 saturated carbocycles. The van der Waals surface area contributed by atoms with Crippen LogP contribution in [0.1, 0.15) is 48.7 Å². The third-order valence-electron chi connectivity index (χ3n) is 6.10. The first-order valence-electron chi connectivity index (χ1n) is 9.91. The van der Waals surface area contributed by atoms with Crippen molar-refractivity contribution in [2.45, 2.75) is 45.7 Å². The van der Waals surface area contributed by atoms with Gasteiger partial charge in [-0.25, -0.2) is 9.59 Å². The highest BCUT2D eigenvalue weighted by molar-refractivity contribution is 5.75. The first kappa shape index (κ1) is 18.5. The fourth-order valence-electron chi connectivity index (χ4n) is 4.56. The number of carbonyl (C=O) groups is 1. The zero-order valence-electron chi connectivity index (χ0n) is 16.2. The third kappa shape index (κ3) is 3.37. The highest BCUT2D eigenvalue weighted by Crippen LogP contribution is 2.38. The van der Waals surface area contributed by atoms with Crippen LogP contribution in [0.3, 0.4) is 0 Å². The van der Waals surface area contributed by atoms with E-state index in [1.54, 1.807) is 4.90 Å². The molecular weight excluding hydrogens is 356 g/mol. The zero-order valence-corrected chi connectivity index (χ0v) is 16.2. The standard InChI is InChI=1S/C21H26N4O3/c1-12(2)14-8-7-13-5-3-4-6-15(13)18(14)23-21(28)25-10-9-16-17(11-25)22-20(27)24-19(16)26/h3-6,12,14,18H,7-11H2,1-2H3,(H,23,28)(H2,22,24,26,27). The molecule has 1 aromatic carbocycles. The number of hydrogen-bond acceptors (Lipinski definition) is 3. The molecule has 7 nitrogen and oxygen atoms in total. The van der Waals surface area contributed by atoms with Gasteiger partial charge in [0.15, 0.2) is 0 Å². The van der Waals surface area contributed by atoms with Crippen molar-refractivity contribution in [3.8, 4) is 0 Å². The summed E-state index contributed by atoms with van der Waals surface area (Å²) in [6, 6.07) is 8.13. The van der Waals surface area contributed by atoms with E-state index >= 15 is 0 Å². The van der Waals surface area contributed by atoms with Gasteiger partial charge in [-0.05, 0) is 42.2 Å². The van der Waals surface area contributed by atoms with Crippen LogP contribution in [0.5, 0.6) is 0 Å². The molecule has 2 atom stereocenters. The molecule has 1 aliphatic carbocycles. The number of amides is 2. The molecular formula is C21H26N4O3. The van der Waals surface area contributed by atoms with Crippen LogP contribution >= 0.6 is 0 Å². The number of benzene rings is 1. The number of H-pyrrole nitrogens is 2. The van der Waals surface area contributed by atoms with Crippen LogP contribution < -0.4 is 16.6 Å². The molecule has 2 unspecified atom stereocenters. The van der Waals surface area contributed by atoms with Gasteiger partial charge in [0.25, 0.3) is 5.56 Å². The molecule has 1 aliphatic heterocycles. The first-order valence-corrected chi connectivity index (χ1v) is 9.91. The van der Waals surface area contributed by atoms with Gasteiger partial charge in [-0.1, -0.05) is 38.1 Å². The predicted molar refractivity (Wildman–Crippen MR) is 106 cm³/mol. The lowest BCUT2D eigenvalue weighted by Crippen LogP contribution is -2.48. The molecule has 2 aliphatic rings. The minimum absolute atomic E-state index is 0.0305. The van der Waals surface area contributed by atoms with Crippen LogP contribution in [-0.2, 0) is 19.4 Å². The van der Waals surface area contributed by atoms with E-state index in [-0.39, 0.29) is 24.2 Å². The molecule has 148 valence electrons. The van der Waals surface area contributed by atoms with Gasteiger partial charge in [0.05, 0.1) is 12.6 Å². The van der Waals surface area contributed by atoms with E-state index in [1.165, 1.54) is 11.1 Å². The largest absolute Gasteiger partial charge is 0.331 e. The molecule has 0 saturated heterocycles. The van der Waals surface area contributed by atoms with Crippen LogP contribution in [0.25, 0.3) is 0 Å². The Kier molecular flexibility index (Phi) is 4.83. The van der Waals surface area contributed by atoms with Crippen molar-refractivity contribution in [1.82, 2.24) is 20.2 Å². The van der Waals surface area contributed by atoms with Crippen molar-refractivity contribution in [1.29, 1.82) is 0 Å². The predicted octanol–water partition coefficient (Wildman–Crippen LogP) is 2.09. The second-order valence-electron chi connectivity index (χ2n) is 8.11. The van der Waals surface area contributed by atoms with E-state index in [1.807, 2.05) is 12.1 Å². The Balaban J connectivity index is 1.57. The summed E-state index contributed by atoms with van der Waals surface area (Å²) in [5, 5.41) is 3.25. The van der Waals surface area contributed by atoms with Crippen molar-refractivity contribution < 1.29 is 4.79 Å². The lowest BCUT2D eigenvalue weighted by molar-refractivity contribution is 0.172. The van der Waals surface area contributed by atoms with Crippen molar-refractivity contribution in [2.75, 3.05) is 6.54 Å². The second kappa shape index (κ2) is 7.30. The maximum atomic E-state index is 13.1. The van der Waals surface area contributed by atoms with E-state index < -0.39 is 5.69 Å². The molecule has 1 aromatic heterocycles. The van der Waals surface area contributed by atoms with E-state index in [0.29, 0.717) is 36.1 Å². The van der Waals surface area contributed by atoms with E-state index in [2.05, 4.69) is 41.3 Å². The second-order valence-corrected chi connectivity index (χ2v) is 8.11. The van der Waals surface area contributed by atoms with Crippen LogP contribution in [0.15, 0.2) is 33.9 Å². The topological polar surface area (TPSA) is 98.1 Å². The molecule has 2 amide bonds. The monoisotopic (exact) mass is 382 g/mol. The van der Waals surface area contributed by atoms with E-state index in [0.717, 1.165) is 12.8 Å². The number of nitrogens with zero attached hydrogens (tertiary/aromatic N) is 1. The van der Waals surface area contributed by atoms with Gasteiger partial charge >= 0.3 is 11.7 Å². The van der Waals surface area contributed by atoms with Gasteiger partial charge in [0.1, 0.15) is 0 Å². The minimum Gasteiger partial charge on any atom is -0.331 e. The fraction of sp³-hybridized carbons (Fsp3) is 0.476. The number of aromatic amines is 2. The highest BCUT2D eigenvalue weighted by Gasteiger charge is 2.34. The molecule has 28 heavy (non-hydrogen) atoms. The van der Waals surface area contributed by atoms with Gasteiger partial charge in [-0.15, -0.1) is 0 Å². The van der Waals surface area contributed by atoms with Gasteiger partial charge in [-0.2, -0.15) is 0 Å². The van der Waals surface area contributed by atoms with Gasteiger partial charge in [0.2, 0.25) is 0 Å². The molecule has 0 bridgehead atoms. The average molecular weight is 382 g/mol. The van der Waals surface area contributed by atoms with Crippen LogP contribution in [0.2, 0.25) is 0 Å². The number of hydrogen-bond donors (Lipinski definition) is 3. The number of aromatic nitrogens is 2. The molecule has 3 N–H and O–H groups in total. The summed E-state index contributed by atoms with van der Waals surface area (Å²) >= 11 is 0. The molecule has 4 rings (SSSR count). The summed E-state index contributed by atoms with van der Waals surface area (Å²) in [5.41, 5.74) is 2.69. The zero-order chi connectivity index (χ0) is 19.8. The Labute approximate surface area is 163 Å². The fourth-order valence-corrected chi connectivity index (χ4v) is 4.56. The Morgan fingerprint density at radius 1 is 1.18 bits per heavy atom. The minimum atomic E-state index is -0.535. The van der Waals surface area contributed by atoms with Crippen LogP contribution in [0, 0.1) is 11.8 Å². The Bertz CT molecular complexity index is 1010. The number of carbonyl (C=O) groups excluding carboxylic acids is 1. The van der Waals surface area contributed by atoms with E-state index in [4.69, 9.17) is 0 Å². The Morgan fingerprint density at radius 2 is 1.96 bits per heavy atom. The maximum Gasteiger partial charge on any atom is 0.325 e. The van der Waals surface area contributed by atoms with Gasteiger partial charge in [-0.3, -0.25) is 9.78 Å². The van der Waals surface area contributed by atoms with Gasteiger partial charge in [0, 0.05) is 17.8 Å². The summed E-state index contributed by atoms with van der Waals surface area (Å²) in [6.07, 6.45) is 2.52. The van der Waals surface area contributed by atoms with Crippen molar-refractivity contribution in [3.05, 3.63) is 67.5 Å². The van der Waals surface area contributed by atoms with Crippen molar-refractivity contribution >= 4 is 6.03 Å². The normalized spacial score (nSPS) is 21.2. The summed E-state index contributed by atoms with van der Waals surface area (Å²) in [7, 11) is 0. The number of nitrogens with one attached hydrogen (secondary N) is 3. The lowest BCUT2D eigenvalue weighted by atomic mass is 9.74.